The minimum absolute atomic E-state index is 0.127. The van der Waals surface area contributed by atoms with Gasteiger partial charge in [-0.3, -0.25) is 4.57 Å². The van der Waals surface area contributed by atoms with Gasteiger partial charge in [0.15, 0.2) is 11.0 Å². The molecular formula is C26H24N4O3S. The van der Waals surface area contributed by atoms with Crippen LogP contribution in [-0.2, 0) is 6.61 Å². The summed E-state index contributed by atoms with van der Waals surface area (Å²) in [5, 5.41) is 28.7. The van der Waals surface area contributed by atoms with Crippen LogP contribution in [0.2, 0.25) is 0 Å². The highest BCUT2D eigenvalue weighted by Gasteiger charge is 2.17. The van der Waals surface area contributed by atoms with Crippen molar-refractivity contribution in [3.8, 4) is 23.3 Å². The van der Waals surface area contributed by atoms with Crippen molar-refractivity contribution in [2.45, 2.75) is 24.8 Å². The standard InChI is InChI=1S/C26H24N4O3S/c1-19-7-5-6-10-24(19)33-17-25-28-29-26(30(25)21-8-3-2-4-9-21)34-18-22(31)16-32-23-13-11-20(15-27)12-14-23/h2-14,22,31H,16-18H2,1H3. The van der Waals surface area contributed by atoms with E-state index >= 15 is 0 Å². The van der Waals surface area contributed by atoms with E-state index in [-0.39, 0.29) is 13.2 Å². The second-order valence-corrected chi connectivity index (χ2v) is 8.52. The van der Waals surface area contributed by atoms with Crippen molar-refractivity contribution in [1.82, 2.24) is 14.8 Å². The number of rotatable bonds is 10. The fourth-order valence-electron chi connectivity index (χ4n) is 3.22. The van der Waals surface area contributed by atoms with E-state index < -0.39 is 6.10 Å². The molecule has 8 heteroatoms. The quantitative estimate of drug-likeness (QED) is 0.338. The van der Waals surface area contributed by atoms with Gasteiger partial charge in [-0.2, -0.15) is 5.26 Å². The van der Waals surface area contributed by atoms with Crippen LogP contribution in [0.5, 0.6) is 11.5 Å². The highest BCUT2D eigenvalue weighted by molar-refractivity contribution is 7.99. The lowest BCUT2D eigenvalue weighted by molar-refractivity contribution is 0.126. The fraction of sp³-hybridized carbons (Fsp3) is 0.192. The van der Waals surface area contributed by atoms with E-state index in [0.717, 1.165) is 17.0 Å². The van der Waals surface area contributed by atoms with Crippen LogP contribution in [0, 0.1) is 18.3 Å². The van der Waals surface area contributed by atoms with Gasteiger partial charge in [0.2, 0.25) is 0 Å². The second-order valence-electron chi connectivity index (χ2n) is 7.54. The lowest BCUT2D eigenvalue weighted by Crippen LogP contribution is -2.20. The summed E-state index contributed by atoms with van der Waals surface area (Å²) >= 11 is 1.40. The van der Waals surface area contributed by atoms with Gasteiger partial charge in [0, 0.05) is 11.4 Å². The van der Waals surface area contributed by atoms with E-state index in [4.69, 9.17) is 14.7 Å². The number of hydrogen-bond donors (Lipinski definition) is 1. The number of aliphatic hydroxyl groups is 1. The molecule has 0 aliphatic carbocycles. The van der Waals surface area contributed by atoms with Crippen molar-refractivity contribution < 1.29 is 14.6 Å². The van der Waals surface area contributed by atoms with Crippen LogP contribution in [-0.4, -0.2) is 38.3 Å². The molecule has 172 valence electrons. The number of benzene rings is 3. The van der Waals surface area contributed by atoms with Crippen molar-refractivity contribution in [3.63, 3.8) is 0 Å². The molecule has 0 saturated heterocycles. The third-order valence-corrected chi connectivity index (χ3v) is 6.07. The van der Waals surface area contributed by atoms with Gasteiger partial charge in [-0.25, -0.2) is 0 Å². The Labute approximate surface area is 202 Å². The summed E-state index contributed by atoms with van der Waals surface area (Å²) in [7, 11) is 0. The Bertz CT molecular complexity index is 1250. The van der Waals surface area contributed by atoms with E-state index in [1.807, 2.05) is 66.1 Å². The molecule has 1 N–H and O–H groups in total. The first-order valence-electron chi connectivity index (χ1n) is 10.8. The predicted octanol–water partition coefficient (Wildman–Crippen LogP) is 4.56. The van der Waals surface area contributed by atoms with Crippen LogP contribution >= 0.6 is 11.8 Å². The van der Waals surface area contributed by atoms with Gasteiger partial charge in [0.25, 0.3) is 0 Å². The maximum atomic E-state index is 10.4. The number of thioether (sulfide) groups is 1. The van der Waals surface area contributed by atoms with Gasteiger partial charge in [-0.1, -0.05) is 48.2 Å². The van der Waals surface area contributed by atoms with Crippen molar-refractivity contribution in [3.05, 3.63) is 95.8 Å². The van der Waals surface area contributed by atoms with Crippen molar-refractivity contribution >= 4 is 11.8 Å². The number of para-hydroxylation sites is 2. The fourth-order valence-corrected chi connectivity index (χ4v) is 4.10. The van der Waals surface area contributed by atoms with Crippen molar-refractivity contribution in [2.75, 3.05) is 12.4 Å². The molecule has 3 aromatic carbocycles. The molecule has 0 amide bonds. The molecule has 1 aromatic heterocycles. The van der Waals surface area contributed by atoms with Gasteiger partial charge in [-0.05, 0) is 55.0 Å². The topological polar surface area (TPSA) is 93.2 Å². The molecule has 4 aromatic rings. The summed E-state index contributed by atoms with van der Waals surface area (Å²) in [6, 6.07) is 26.5. The van der Waals surface area contributed by atoms with Crippen LogP contribution < -0.4 is 9.47 Å². The molecular weight excluding hydrogens is 448 g/mol. The molecule has 0 bridgehead atoms. The number of aromatic nitrogens is 3. The molecule has 0 fully saturated rings. The highest BCUT2D eigenvalue weighted by atomic mass is 32.2. The maximum Gasteiger partial charge on any atom is 0.196 e. The minimum atomic E-state index is -0.715. The monoisotopic (exact) mass is 472 g/mol. The normalized spacial score (nSPS) is 11.6. The Kier molecular flexibility index (Phi) is 7.81. The number of aryl methyl sites for hydroxylation is 1. The summed E-state index contributed by atoms with van der Waals surface area (Å²) in [6.07, 6.45) is -0.715. The smallest absolute Gasteiger partial charge is 0.196 e. The van der Waals surface area contributed by atoms with Crippen molar-refractivity contribution in [1.29, 1.82) is 5.26 Å². The van der Waals surface area contributed by atoms with Gasteiger partial charge >= 0.3 is 0 Å². The molecule has 1 heterocycles. The van der Waals surface area contributed by atoms with Crippen LogP contribution in [0.3, 0.4) is 0 Å². The van der Waals surface area contributed by atoms with Crippen LogP contribution in [0.15, 0.2) is 84.0 Å². The average molecular weight is 473 g/mol. The predicted molar refractivity (Wildman–Crippen MR) is 130 cm³/mol. The zero-order valence-electron chi connectivity index (χ0n) is 18.7. The van der Waals surface area contributed by atoms with Crippen LogP contribution in [0.1, 0.15) is 17.0 Å². The van der Waals surface area contributed by atoms with E-state index in [0.29, 0.717) is 28.0 Å². The zero-order valence-corrected chi connectivity index (χ0v) is 19.5. The highest BCUT2D eigenvalue weighted by Crippen LogP contribution is 2.25. The van der Waals surface area contributed by atoms with E-state index in [2.05, 4.69) is 16.3 Å². The number of nitrogens with zero attached hydrogens (tertiary/aromatic N) is 4. The first-order valence-corrected chi connectivity index (χ1v) is 11.7. The summed E-state index contributed by atoms with van der Waals surface area (Å²) in [4.78, 5) is 0. The van der Waals surface area contributed by atoms with Crippen LogP contribution in [0.25, 0.3) is 5.69 Å². The first-order chi connectivity index (χ1) is 16.6. The average Bonchev–Trinajstić information content (AvgIpc) is 3.29. The Morgan fingerprint density at radius 3 is 2.44 bits per heavy atom. The molecule has 0 radical (unpaired) electrons. The third-order valence-electron chi connectivity index (χ3n) is 5.00. The molecule has 0 spiro atoms. The molecule has 0 saturated carbocycles. The van der Waals surface area contributed by atoms with Gasteiger partial charge < -0.3 is 14.6 Å². The first kappa shape index (κ1) is 23.4. The summed E-state index contributed by atoms with van der Waals surface area (Å²) in [5.41, 5.74) is 2.53. The molecule has 1 unspecified atom stereocenters. The summed E-state index contributed by atoms with van der Waals surface area (Å²) in [6.45, 7) is 2.39. The lowest BCUT2D eigenvalue weighted by atomic mass is 10.2. The van der Waals surface area contributed by atoms with Crippen LogP contribution in [0.4, 0.5) is 0 Å². The Morgan fingerprint density at radius 2 is 1.71 bits per heavy atom. The van der Waals surface area contributed by atoms with Gasteiger partial charge in [0.05, 0.1) is 17.7 Å². The largest absolute Gasteiger partial charge is 0.491 e. The molecule has 1 atom stereocenters. The number of ether oxygens (including phenoxy) is 2. The van der Waals surface area contributed by atoms with Gasteiger partial charge in [0.1, 0.15) is 24.7 Å². The molecule has 0 aliphatic heterocycles. The number of aliphatic hydroxyl groups excluding tert-OH is 1. The van der Waals surface area contributed by atoms with E-state index in [1.165, 1.54) is 11.8 Å². The van der Waals surface area contributed by atoms with E-state index in [9.17, 15) is 5.11 Å². The third kappa shape index (κ3) is 5.95. The lowest BCUT2D eigenvalue weighted by Gasteiger charge is -2.14. The molecule has 34 heavy (non-hydrogen) atoms. The second kappa shape index (κ2) is 11.4. The Morgan fingerprint density at radius 1 is 0.971 bits per heavy atom. The number of nitriles is 1. The Balaban J connectivity index is 1.42. The van der Waals surface area contributed by atoms with Gasteiger partial charge in [-0.15, -0.1) is 10.2 Å². The maximum absolute atomic E-state index is 10.4. The van der Waals surface area contributed by atoms with Crippen molar-refractivity contribution in [2.24, 2.45) is 0 Å². The summed E-state index contributed by atoms with van der Waals surface area (Å²) in [5.74, 6) is 2.45. The minimum Gasteiger partial charge on any atom is -0.491 e. The molecule has 4 rings (SSSR count). The zero-order chi connectivity index (χ0) is 23.8. The van der Waals surface area contributed by atoms with E-state index in [1.54, 1.807) is 24.3 Å². The Hall–Kier alpha value is -3.80. The summed E-state index contributed by atoms with van der Waals surface area (Å²) < 4.78 is 13.6. The molecule has 0 aliphatic rings. The number of hydrogen-bond acceptors (Lipinski definition) is 7. The SMILES string of the molecule is Cc1ccccc1OCc1nnc(SCC(O)COc2ccc(C#N)cc2)n1-c1ccccc1. The molecule has 7 nitrogen and oxygen atoms in total.